The van der Waals surface area contributed by atoms with Crippen molar-refractivity contribution >= 4 is 16.7 Å². The third-order valence-electron chi connectivity index (χ3n) is 3.97. The van der Waals surface area contributed by atoms with Gasteiger partial charge in [-0.1, -0.05) is 42.5 Å². The third-order valence-corrected chi connectivity index (χ3v) is 3.97. The van der Waals surface area contributed by atoms with Crippen LogP contribution in [0.5, 0.6) is 0 Å². The second kappa shape index (κ2) is 7.11. The summed E-state index contributed by atoms with van der Waals surface area (Å²) in [5, 5.41) is 4.29. The van der Waals surface area contributed by atoms with Crippen molar-refractivity contribution in [3.05, 3.63) is 71.9 Å². The molecule has 4 heteroatoms. The van der Waals surface area contributed by atoms with Crippen molar-refractivity contribution in [1.29, 1.82) is 0 Å². The van der Waals surface area contributed by atoms with Crippen LogP contribution in [-0.2, 0) is 0 Å². The fourth-order valence-electron chi connectivity index (χ4n) is 2.77. The molecule has 1 heterocycles. The summed E-state index contributed by atoms with van der Waals surface area (Å²) in [7, 11) is 0. The number of ketones is 1. The van der Waals surface area contributed by atoms with Gasteiger partial charge in [-0.25, -0.2) is 0 Å². The van der Waals surface area contributed by atoms with E-state index in [0.29, 0.717) is 17.7 Å². The highest BCUT2D eigenvalue weighted by Crippen LogP contribution is 2.22. The molecule has 0 atom stereocenters. The lowest BCUT2D eigenvalue weighted by Gasteiger charge is -2.20. The van der Waals surface area contributed by atoms with Crippen LogP contribution >= 0.6 is 0 Å². The summed E-state index contributed by atoms with van der Waals surface area (Å²) in [4.78, 5) is 18.6. The molecule has 0 aliphatic carbocycles. The maximum absolute atomic E-state index is 12.8. The SMILES string of the molecule is CC(C)(C)NCCOn1ccc2c(C(=O)c3ccccc3)cccc21. The Morgan fingerprint density at radius 3 is 2.52 bits per heavy atom. The summed E-state index contributed by atoms with van der Waals surface area (Å²) in [6.45, 7) is 7.68. The van der Waals surface area contributed by atoms with E-state index >= 15 is 0 Å². The lowest BCUT2D eigenvalue weighted by molar-refractivity contribution is 0.104. The van der Waals surface area contributed by atoms with Gasteiger partial charge in [0.25, 0.3) is 0 Å². The molecule has 3 rings (SSSR count). The van der Waals surface area contributed by atoms with Gasteiger partial charge < -0.3 is 10.2 Å². The number of fused-ring (bicyclic) bond motifs is 1. The van der Waals surface area contributed by atoms with Crippen molar-refractivity contribution in [3.63, 3.8) is 0 Å². The van der Waals surface area contributed by atoms with Crippen LogP contribution in [0.4, 0.5) is 0 Å². The molecule has 130 valence electrons. The molecule has 0 saturated carbocycles. The zero-order valence-corrected chi connectivity index (χ0v) is 15.0. The highest BCUT2D eigenvalue weighted by molar-refractivity contribution is 6.16. The van der Waals surface area contributed by atoms with Gasteiger partial charge in [-0.05, 0) is 32.9 Å². The highest BCUT2D eigenvalue weighted by Gasteiger charge is 2.14. The number of aromatic nitrogens is 1. The van der Waals surface area contributed by atoms with Crippen molar-refractivity contribution in [2.45, 2.75) is 26.3 Å². The van der Waals surface area contributed by atoms with E-state index in [0.717, 1.165) is 17.4 Å². The Bertz CT molecular complexity index is 860. The van der Waals surface area contributed by atoms with Crippen molar-refractivity contribution in [2.24, 2.45) is 0 Å². The van der Waals surface area contributed by atoms with E-state index in [-0.39, 0.29) is 11.3 Å². The van der Waals surface area contributed by atoms with Crippen molar-refractivity contribution < 1.29 is 9.63 Å². The van der Waals surface area contributed by atoms with Crippen LogP contribution in [0.3, 0.4) is 0 Å². The van der Waals surface area contributed by atoms with Gasteiger partial charge in [-0.15, -0.1) is 0 Å². The third kappa shape index (κ3) is 4.09. The quantitative estimate of drug-likeness (QED) is 0.551. The second-order valence-corrected chi connectivity index (χ2v) is 7.09. The number of nitrogens with zero attached hydrogens (tertiary/aromatic N) is 1. The van der Waals surface area contributed by atoms with E-state index in [2.05, 4.69) is 26.1 Å². The van der Waals surface area contributed by atoms with E-state index < -0.39 is 0 Å². The number of hydrogen-bond donors (Lipinski definition) is 1. The summed E-state index contributed by atoms with van der Waals surface area (Å²) in [6.07, 6.45) is 1.86. The van der Waals surface area contributed by atoms with Crippen LogP contribution < -0.4 is 10.2 Å². The fourth-order valence-corrected chi connectivity index (χ4v) is 2.77. The first-order valence-corrected chi connectivity index (χ1v) is 8.54. The molecule has 0 radical (unpaired) electrons. The molecule has 0 aliphatic rings. The molecule has 0 saturated heterocycles. The molecule has 0 aliphatic heterocycles. The lowest BCUT2D eigenvalue weighted by Crippen LogP contribution is -2.39. The molecule has 3 aromatic rings. The average Bonchev–Trinajstić information content (AvgIpc) is 3.01. The Labute approximate surface area is 148 Å². The first-order valence-electron chi connectivity index (χ1n) is 8.54. The number of carbonyl (C=O) groups is 1. The average molecular weight is 336 g/mol. The molecule has 0 unspecified atom stereocenters. The largest absolute Gasteiger partial charge is 0.412 e. The Hall–Kier alpha value is -2.59. The van der Waals surface area contributed by atoms with E-state index in [9.17, 15) is 4.79 Å². The Kier molecular flexibility index (Phi) is 4.91. The zero-order chi connectivity index (χ0) is 17.9. The molecule has 0 fully saturated rings. The number of carbonyl (C=O) groups excluding carboxylic acids is 1. The van der Waals surface area contributed by atoms with Gasteiger partial charge in [0.05, 0.1) is 5.52 Å². The molecule has 25 heavy (non-hydrogen) atoms. The smallest absolute Gasteiger partial charge is 0.193 e. The van der Waals surface area contributed by atoms with Gasteiger partial charge in [-0.3, -0.25) is 4.79 Å². The van der Waals surface area contributed by atoms with Crippen molar-refractivity contribution in [2.75, 3.05) is 13.2 Å². The van der Waals surface area contributed by atoms with E-state index in [1.54, 1.807) is 4.73 Å². The van der Waals surface area contributed by atoms with Gasteiger partial charge >= 0.3 is 0 Å². The molecule has 2 aromatic carbocycles. The van der Waals surface area contributed by atoms with Crippen LogP contribution in [0.1, 0.15) is 36.7 Å². The summed E-state index contributed by atoms with van der Waals surface area (Å²) in [5.74, 6) is 0.0262. The second-order valence-electron chi connectivity index (χ2n) is 7.09. The van der Waals surface area contributed by atoms with Crippen molar-refractivity contribution in [1.82, 2.24) is 10.0 Å². The summed E-state index contributed by atoms with van der Waals surface area (Å²) in [6, 6.07) is 17.0. The molecular weight excluding hydrogens is 312 g/mol. The summed E-state index contributed by atoms with van der Waals surface area (Å²) in [5.41, 5.74) is 2.35. The number of benzene rings is 2. The Morgan fingerprint density at radius 1 is 1.04 bits per heavy atom. The van der Waals surface area contributed by atoms with Crippen LogP contribution in [0.15, 0.2) is 60.8 Å². The van der Waals surface area contributed by atoms with E-state index in [1.807, 2.05) is 60.8 Å². The number of rotatable bonds is 6. The topological polar surface area (TPSA) is 43.3 Å². The zero-order valence-electron chi connectivity index (χ0n) is 15.0. The Morgan fingerprint density at radius 2 is 1.80 bits per heavy atom. The van der Waals surface area contributed by atoms with Gasteiger partial charge in [-0.2, -0.15) is 4.73 Å². The fraction of sp³-hybridized carbons (Fsp3) is 0.286. The minimum atomic E-state index is 0.0262. The molecular formula is C21H24N2O2. The van der Waals surface area contributed by atoms with Crippen LogP contribution in [-0.4, -0.2) is 29.2 Å². The first kappa shape index (κ1) is 17.2. The van der Waals surface area contributed by atoms with Crippen LogP contribution in [0.2, 0.25) is 0 Å². The normalized spacial score (nSPS) is 11.6. The van der Waals surface area contributed by atoms with Crippen molar-refractivity contribution in [3.8, 4) is 0 Å². The van der Waals surface area contributed by atoms with Crippen LogP contribution in [0, 0.1) is 0 Å². The minimum Gasteiger partial charge on any atom is -0.412 e. The number of hydrogen-bond acceptors (Lipinski definition) is 3. The maximum Gasteiger partial charge on any atom is 0.193 e. The molecule has 0 amide bonds. The molecule has 1 N–H and O–H groups in total. The van der Waals surface area contributed by atoms with E-state index in [1.165, 1.54) is 0 Å². The maximum atomic E-state index is 12.8. The standard InChI is InChI=1S/C21H24N2O2/c1-21(2,3)22-13-15-25-23-14-12-17-18(10-7-11-19(17)23)20(24)16-8-5-4-6-9-16/h4-12,14,22H,13,15H2,1-3H3. The van der Waals surface area contributed by atoms with Gasteiger partial charge in [0.15, 0.2) is 5.78 Å². The highest BCUT2D eigenvalue weighted by atomic mass is 16.7. The monoisotopic (exact) mass is 336 g/mol. The molecule has 0 bridgehead atoms. The van der Waals surface area contributed by atoms with Gasteiger partial charge in [0.2, 0.25) is 0 Å². The minimum absolute atomic E-state index is 0.0262. The Balaban J connectivity index is 1.80. The molecule has 1 aromatic heterocycles. The van der Waals surface area contributed by atoms with Crippen LogP contribution in [0.25, 0.3) is 10.9 Å². The summed E-state index contributed by atoms with van der Waals surface area (Å²) < 4.78 is 1.74. The predicted octanol–water partition coefficient (Wildman–Crippen LogP) is 3.69. The number of nitrogens with one attached hydrogen (secondary N) is 1. The first-order chi connectivity index (χ1) is 12.0. The van der Waals surface area contributed by atoms with Gasteiger partial charge in [0.1, 0.15) is 6.61 Å². The lowest BCUT2D eigenvalue weighted by atomic mass is 10.0. The molecule has 4 nitrogen and oxygen atoms in total. The predicted molar refractivity (Wildman–Crippen MR) is 101 cm³/mol. The molecule has 0 spiro atoms. The van der Waals surface area contributed by atoms with E-state index in [4.69, 9.17) is 4.84 Å². The summed E-state index contributed by atoms with van der Waals surface area (Å²) >= 11 is 0. The van der Waals surface area contributed by atoms with Gasteiger partial charge in [0, 0.05) is 34.8 Å².